The van der Waals surface area contributed by atoms with Crippen LogP contribution in [0.3, 0.4) is 0 Å². The summed E-state index contributed by atoms with van der Waals surface area (Å²) in [5.74, 6) is 0.279. The number of amidine groups is 1. The molecule has 108 valence electrons. The lowest BCUT2D eigenvalue weighted by molar-refractivity contribution is 0.103. The van der Waals surface area contributed by atoms with E-state index >= 15 is 0 Å². The first-order valence-electron chi connectivity index (χ1n) is 6.90. The maximum absolute atomic E-state index is 12.8. The zero-order chi connectivity index (χ0) is 15.0. The second-order valence-electron chi connectivity index (χ2n) is 5.14. The fraction of sp³-hybridized carbons (Fsp3) is 0.267. The lowest BCUT2D eigenvalue weighted by Crippen LogP contribution is -2.33. The molecule has 0 saturated carbocycles. The molecule has 4 N–H and O–H groups in total. The van der Waals surface area contributed by atoms with Crippen LogP contribution < -0.4 is 11.5 Å². The SMILES string of the molecule is CCC1CC(C(=O)c2cccc(N)c2)=C2C(N)=NC=NN21. The summed E-state index contributed by atoms with van der Waals surface area (Å²) in [6, 6.07) is 7.11. The Morgan fingerprint density at radius 2 is 2.24 bits per heavy atom. The molecule has 6 heteroatoms. The predicted molar refractivity (Wildman–Crippen MR) is 82.9 cm³/mol. The first-order valence-corrected chi connectivity index (χ1v) is 6.90. The van der Waals surface area contributed by atoms with Crippen LogP contribution in [-0.4, -0.2) is 29.0 Å². The molecule has 1 unspecified atom stereocenters. The minimum absolute atomic E-state index is 0.0616. The van der Waals surface area contributed by atoms with E-state index in [1.165, 1.54) is 6.34 Å². The Morgan fingerprint density at radius 3 is 2.95 bits per heavy atom. The van der Waals surface area contributed by atoms with Gasteiger partial charge < -0.3 is 11.5 Å². The van der Waals surface area contributed by atoms with E-state index < -0.39 is 0 Å². The number of benzene rings is 1. The van der Waals surface area contributed by atoms with Gasteiger partial charge in [0, 0.05) is 23.2 Å². The van der Waals surface area contributed by atoms with Crippen LogP contribution in [0.5, 0.6) is 0 Å². The van der Waals surface area contributed by atoms with Gasteiger partial charge in [-0.2, -0.15) is 5.10 Å². The highest BCUT2D eigenvalue weighted by Gasteiger charge is 2.37. The fourth-order valence-electron chi connectivity index (χ4n) is 2.74. The summed E-state index contributed by atoms with van der Waals surface area (Å²) in [6.45, 7) is 2.06. The Labute approximate surface area is 122 Å². The molecule has 0 amide bonds. The first kappa shape index (κ1) is 13.4. The smallest absolute Gasteiger partial charge is 0.191 e. The molecule has 0 spiro atoms. The fourth-order valence-corrected chi connectivity index (χ4v) is 2.74. The van der Waals surface area contributed by atoms with E-state index in [-0.39, 0.29) is 11.8 Å². The number of carbonyl (C=O) groups is 1. The van der Waals surface area contributed by atoms with Gasteiger partial charge >= 0.3 is 0 Å². The molecule has 1 atom stereocenters. The third-order valence-corrected chi connectivity index (χ3v) is 3.81. The number of nitrogen functional groups attached to an aromatic ring is 1. The van der Waals surface area contributed by atoms with Crippen LogP contribution in [0.1, 0.15) is 30.1 Å². The molecule has 1 aromatic carbocycles. The van der Waals surface area contributed by atoms with Crippen molar-refractivity contribution in [3.8, 4) is 0 Å². The molecule has 2 aliphatic heterocycles. The molecular formula is C15H17N5O. The van der Waals surface area contributed by atoms with Crippen molar-refractivity contribution in [3.63, 3.8) is 0 Å². The van der Waals surface area contributed by atoms with Gasteiger partial charge in [0.2, 0.25) is 0 Å². The van der Waals surface area contributed by atoms with Gasteiger partial charge in [0.15, 0.2) is 11.6 Å². The summed E-state index contributed by atoms with van der Waals surface area (Å²) < 4.78 is 0. The number of nitrogens with zero attached hydrogens (tertiary/aromatic N) is 3. The van der Waals surface area contributed by atoms with Crippen LogP contribution in [0.15, 0.2) is 45.6 Å². The number of Topliss-reactive ketones (excluding diaryl/α,β-unsaturated/α-hetero) is 1. The van der Waals surface area contributed by atoms with Crippen molar-refractivity contribution in [2.75, 3.05) is 5.73 Å². The normalized spacial score (nSPS) is 20.5. The summed E-state index contributed by atoms with van der Waals surface area (Å²) in [4.78, 5) is 16.8. The Morgan fingerprint density at radius 1 is 1.43 bits per heavy atom. The number of nitrogens with two attached hydrogens (primary N) is 2. The van der Waals surface area contributed by atoms with Crippen LogP contribution in [0.2, 0.25) is 0 Å². The number of hydrogen-bond donors (Lipinski definition) is 2. The maximum atomic E-state index is 12.8. The molecule has 6 nitrogen and oxygen atoms in total. The van der Waals surface area contributed by atoms with Crippen molar-refractivity contribution in [1.82, 2.24) is 5.01 Å². The number of hydrogen-bond acceptors (Lipinski definition) is 6. The molecule has 3 rings (SSSR count). The monoisotopic (exact) mass is 283 g/mol. The van der Waals surface area contributed by atoms with Crippen molar-refractivity contribution in [3.05, 3.63) is 41.1 Å². The highest BCUT2D eigenvalue weighted by atomic mass is 16.1. The van der Waals surface area contributed by atoms with Gasteiger partial charge in [-0.1, -0.05) is 19.1 Å². The zero-order valence-corrected chi connectivity index (χ0v) is 11.8. The topological polar surface area (TPSA) is 97.1 Å². The Balaban J connectivity index is 2.04. The van der Waals surface area contributed by atoms with Crippen molar-refractivity contribution in [2.45, 2.75) is 25.8 Å². The van der Waals surface area contributed by atoms with Crippen molar-refractivity contribution >= 4 is 23.6 Å². The Bertz CT molecular complexity index is 689. The van der Waals surface area contributed by atoms with E-state index in [1.807, 2.05) is 5.01 Å². The van der Waals surface area contributed by atoms with Gasteiger partial charge in [0.25, 0.3) is 0 Å². The average Bonchev–Trinajstić information content (AvgIpc) is 2.86. The summed E-state index contributed by atoms with van der Waals surface area (Å²) in [6.07, 6.45) is 2.92. The summed E-state index contributed by atoms with van der Waals surface area (Å²) in [5.41, 5.74) is 14.1. The van der Waals surface area contributed by atoms with Gasteiger partial charge in [-0.05, 0) is 18.6 Å². The molecule has 0 aromatic heterocycles. The van der Waals surface area contributed by atoms with Gasteiger partial charge in [-0.3, -0.25) is 9.80 Å². The summed E-state index contributed by atoms with van der Waals surface area (Å²) in [7, 11) is 0. The van der Waals surface area contributed by atoms with E-state index in [0.29, 0.717) is 34.8 Å². The number of anilines is 1. The highest BCUT2D eigenvalue weighted by molar-refractivity contribution is 6.16. The largest absolute Gasteiger partial charge is 0.399 e. The molecule has 2 aliphatic rings. The molecular weight excluding hydrogens is 266 g/mol. The third-order valence-electron chi connectivity index (χ3n) is 3.81. The molecule has 0 saturated heterocycles. The highest BCUT2D eigenvalue weighted by Crippen LogP contribution is 2.34. The van der Waals surface area contributed by atoms with Crippen molar-refractivity contribution in [2.24, 2.45) is 15.8 Å². The van der Waals surface area contributed by atoms with Gasteiger partial charge in [0.05, 0.1) is 6.04 Å². The Hall–Kier alpha value is -2.63. The maximum Gasteiger partial charge on any atom is 0.191 e. The number of fused-ring (bicyclic) bond motifs is 1. The number of hydrazone groups is 1. The lowest BCUT2D eigenvalue weighted by Gasteiger charge is -2.24. The quantitative estimate of drug-likeness (QED) is 0.649. The number of aliphatic imine (C=N–C) groups is 1. The number of carbonyl (C=O) groups excluding carboxylic acids is 1. The van der Waals surface area contributed by atoms with Gasteiger partial charge in [-0.15, -0.1) is 0 Å². The van der Waals surface area contributed by atoms with Crippen LogP contribution in [0.25, 0.3) is 0 Å². The lowest BCUT2D eigenvalue weighted by atomic mass is 9.98. The van der Waals surface area contributed by atoms with Gasteiger partial charge in [0.1, 0.15) is 12.0 Å². The molecule has 0 radical (unpaired) electrons. The number of rotatable bonds is 3. The minimum atomic E-state index is -0.0616. The minimum Gasteiger partial charge on any atom is -0.399 e. The van der Waals surface area contributed by atoms with Crippen molar-refractivity contribution < 1.29 is 4.79 Å². The van der Waals surface area contributed by atoms with E-state index in [0.717, 1.165) is 6.42 Å². The second-order valence-corrected chi connectivity index (χ2v) is 5.14. The van der Waals surface area contributed by atoms with Crippen LogP contribution >= 0.6 is 0 Å². The van der Waals surface area contributed by atoms with E-state index in [2.05, 4.69) is 17.0 Å². The van der Waals surface area contributed by atoms with Crippen LogP contribution in [-0.2, 0) is 0 Å². The Kier molecular flexibility index (Phi) is 3.21. The molecule has 0 fully saturated rings. The van der Waals surface area contributed by atoms with E-state index in [9.17, 15) is 4.79 Å². The number of ketones is 1. The molecule has 2 heterocycles. The first-order chi connectivity index (χ1) is 10.1. The molecule has 0 aliphatic carbocycles. The van der Waals surface area contributed by atoms with Gasteiger partial charge in [-0.25, -0.2) is 4.99 Å². The predicted octanol–water partition coefficient (Wildman–Crippen LogP) is 1.50. The third kappa shape index (κ3) is 2.18. The molecule has 21 heavy (non-hydrogen) atoms. The van der Waals surface area contributed by atoms with Crippen LogP contribution in [0, 0.1) is 0 Å². The van der Waals surface area contributed by atoms with E-state index in [1.54, 1.807) is 24.3 Å². The average molecular weight is 283 g/mol. The van der Waals surface area contributed by atoms with E-state index in [4.69, 9.17) is 11.5 Å². The molecule has 0 bridgehead atoms. The molecule has 1 aromatic rings. The summed E-state index contributed by atoms with van der Waals surface area (Å²) >= 11 is 0. The standard InChI is InChI=1S/C15H17N5O/c1-2-11-7-12(13-15(17)18-8-19-20(11)13)14(21)9-4-3-5-10(16)6-9/h3-6,8,11H,2,7,16H2,1H3,(H2,17,18,19). The zero-order valence-electron chi connectivity index (χ0n) is 11.8. The van der Waals surface area contributed by atoms with Crippen molar-refractivity contribution in [1.29, 1.82) is 0 Å². The van der Waals surface area contributed by atoms with Crippen LogP contribution in [0.4, 0.5) is 5.69 Å². The summed E-state index contributed by atoms with van der Waals surface area (Å²) in [5, 5.41) is 6.05. The second kappa shape index (κ2) is 5.05.